The number of carbonyl (C=O) groups excluding carboxylic acids is 9. The number of amides is 9. The molecule has 0 saturated heterocycles. The van der Waals surface area contributed by atoms with E-state index in [1.807, 2.05) is 0 Å². The van der Waals surface area contributed by atoms with Gasteiger partial charge in [0.05, 0.1) is 68.4 Å². The van der Waals surface area contributed by atoms with Crippen molar-refractivity contribution in [2.24, 2.45) is 21.1 Å². The highest BCUT2D eigenvalue weighted by molar-refractivity contribution is 7.87. The van der Waals surface area contributed by atoms with Gasteiger partial charge >= 0.3 is 0 Å². The normalized spacial score (nSPS) is 12.2. The van der Waals surface area contributed by atoms with Gasteiger partial charge in [-0.25, -0.2) is 0 Å². The Morgan fingerprint density at radius 2 is 0.570 bits per heavy atom. The van der Waals surface area contributed by atoms with Crippen molar-refractivity contribution in [2.45, 2.75) is 29.4 Å². The Bertz CT molecular complexity index is 6500. The van der Waals surface area contributed by atoms with Crippen LogP contribution in [0, 0.1) is 0 Å². The van der Waals surface area contributed by atoms with Crippen molar-refractivity contribution in [3.63, 3.8) is 0 Å². The third kappa shape index (κ3) is 19.4. The van der Waals surface area contributed by atoms with Gasteiger partial charge in [-0.05, 0) is 125 Å². The molecular weight excluding hydrogens is 1710 g/mol. The van der Waals surface area contributed by atoms with Crippen molar-refractivity contribution in [2.75, 3.05) is 87.4 Å². The van der Waals surface area contributed by atoms with Gasteiger partial charge in [0, 0.05) is 113 Å². The van der Waals surface area contributed by atoms with E-state index < -0.39 is 163 Å². The maximum Gasteiger partial charge on any atom is 0.295 e. The smallest absolute Gasteiger partial charge is 0.295 e. The standard InChI is InChI=1S/C72H66N16O27S6/c1-82-31-43(19-58(82)70(95)85(4)46-22-55(73-28-46)67(92)79-40-10-7-37-13-49(116(98,99)100)25-61(52(37)16-40)119(107,108)109)76-64(89)34-88(35-65(90)77-44-20-59(83(2)32-44)71(96)86(5)47-23-56(74-29-47)68(93)80-41-11-8-38-14-50(117(101,102)103)26-62(53(38)17-41)120(110,111)112)36-66(91)78-45-21-60(84(3)33-45)72(97)87(6)48-24-57(75-30-48)69(94)81-42-12-9-39-15-51(118(104,105)106)27-63(54(39)18-42)121(113,114)115/h7-33,73-75H,34-36H2,1-6H3,(H,76,89)(H,77,90)(H,78,91)(H,79,92)(H,80,93)(H,81,94)(H,98,99,100)(H,101,102,103)(H,104,105,106)(H,107,108,109)(H,110,111,112)(H,113,114,115). The zero-order valence-electron chi connectivity index (χ0n) is 63.0. The Kier molecular flexibility index (Phi) is 23.4. The van der Waals surface area contributed by atoms with Crippen molar-refractivity contribution in [3.8, 4) is 0 Å². The number of aromatic nitrogens is 6. The maximum atomic E-state index is 14.1. The molecule has 0 aliphatic carbocycles. The van der Waals surface area contributed by atoms with Crippen molar-refractivity contribution >= 4 is 197 Å². The number of rotatable bonds is 27. The molecule has 0 atom stereocenters. The van der Waals surface area contributed by atoms with Crippen LogP contribution in [0.5, 0.6) is 0 Å². The molecular formula is C72H66N16O27S6. The molecule has 49 heteroatoms. The quantitative estimate of drug-likeness (QED) is 0.0273. The van der Waals surface area contributed by atoms with E-state index in [-0.39, 0.29) is 118 Å². The number of anilines is 9. The first kappa shape index (κ1) is 86.8. The average Bonchev–Trinajstić information content (AvgIpc) is 1.74. The molecule has 0 aliphatic heterocycles. The Labute approximate surface area is 684 Å². The minimum atomic E-state index is -5.08. The predicted octanol–water partition coefficient (Wildman–Crippen LogP) is 5.73. The lowest BCUT2D eigenvalue weighted by atomic mass is 10.1. The summed E-state index contributed by atoms with van der Waals surface area (Å²) in [5, 5.41) is 14.7. The number of nitrogens with zero attached hydrogens (tertiary/aromatic N) is 7. The van der Waals surface area contributed by atoms with E-state index in [1.54, 1.807) is 0 Å². The lowest BCUT2D eigenvalue weighted by molar-refractivity contribution is -0.122. The molecule has 6 aromatic carbocycles. The second-order valence-corrected chi connectivity index (χ2v) is 35.6. The third-order valence-corrected chi connectivity index (χ3v) is 23.8. The van der Waals surface area contributed by atoms with Crippen LogP contribution in [0.4, 0.5) is 51.2 Å². The predicted molar refractivity (Wildman–Crippen MR) is 434 cm³/mol. The molecule has 43 nitrogen and oxygen atoms in total. The molecule has 0 unspecified atom stereocenters. The Morgan fingerprint density at radius 3 is 0.802 bits per heavy atom. The molecule has 15 N–H and O–H groups in total. The fourth-order valence-corrected chi connectivity index (χ4v) is 16.8. The third-order valence-electron chi connectivity index (χ3n) is 18.6. The fourth-order valence-electron chi connectivity index (χ4n) is 12.7. The van der Waals surface area contributed by atoms with E-state index in [1.165, 1.54) is 166 Å². The van der Waals surface area contributed by atoms with E-state index in [0.29, 0.717) is 18.2 Å². The second-order valence-electron chi connectivity index (χ2n) is 27.2. The largest absolute Gasteiger partial charge is 0.355 e. The fraction of sp³-hybridized carbons (Fsp3) is 0.125. The van der Waals surface area contributed by atoms with Gasteiger partial charge in [0.25, 0.3) is 96.2 Å². The van der Waals surface area contributed by atoms with Crippen LogP contribution in [-0.2, 0) is 96.2 Å². The summed E-state index contributed by atoms with van der Waals surface area (Å²) in [7, 11) is -21.5. The number of carbonyl (C=O) groups is 9. The first-order valence-electron chi connectivity index (χ1n) is 34.4. The van der Waals surface area contributed by atoms with Crippen LogP contribution >= 0.6 is 0 Å². The molecule has 9 amide bonds. The summed E-state index contributed by atoms with van der Waals surface area (Å²) in [6.45, 7) is -2.13. The molecule has 632 valence electrons. The van der Waals surface area contributed by atoms with Gasteiger partial charge in [0.1, 0.15) is 48.9 Å². The second kappa shape index (κ2) is 32.6. The molecule has 0 saturated carbocycles. The zero-order valence-corrected chi connectivity index (χ0v) is 67.9. The van der Waals surface area contributed by atoms with Crippen LogP contribution in [0.3, 0.4) is 0 Å². The maximum absolute atomic E-state index is 14.1. The summed E-state index contributed by atoms with van der Waals surface area (Å²) < 4.78 is 207. The van der Waals surface area contributed by atoms with Crippen molar-refractivity contribution in [1.29, 1.82) is 0 Å². The number of hydrogen-bond donors (Lipinski definition) is 15. The lowest BCUT2D eigenvalue weighted by Crippen LogP contribution is -2.43. The van der Waals surface area contributed by atoms with Gasteiger partial charge in [0.15, 0.2) is 0 Å². The van der Waals surface area contributed by atoms with Gasteiger partial charge in [-0.1, -0.05) is 18.2 Å². The van der Waals surface area contributed by atoms with Gasteiger partial charge in [-0.15, -0.1) is 0 Å². The summed E-state index contributed by atoms with van der Waals surface area (Å²) in [6.07, 6.45) is 8.00. The molecule has 6 aromatic heterocycles. The first-order valence-corrected chi connectivity index (χ1v) is 43.0. The van der Waals surface area contributed by atoms with E-state index >= 15 is 0 Å². The highest BCUT2D eigenvalue weighted by atomic mass is 32.2. The highest BCUT2D eigenvalue weighted by Gasteiger charge is 2.30. The number of hydrogen-bond acceptors (Lipinski definition) is 22. The Hall–Kier alpha value is -13.6. The molecule has 0 radical (unpaired) electrons. The Balaban J connectivity index is 0.723. The molecule has 12 rings (SSSR count). The summed E-state index contributed by atoms with van der Waals surface area (Å²) in [5.41, 5.74) is -0.00185. The lowest BCUT2D eigenvalue weighted by Gasteiger charge is -2.20. The van der Waals surface area contributed by atoms with E-state index in [0.717, 1.165) is 56.0 Å². The molecule has 0 bridgehead atoms. The van der Waals surface area contributed by atoms with Gasteiger partial charge in [-0.3, -0.25) is 75.4 Å². The van der Waals surface area contributed by atoms with Crippen molar-refractivity contribution in [1.82, 2.24) is 33.6 Å². The molecule has 0 aliphatic rings. The SMILES string of the molecule is CN(C(=O)c1cc(NC(=O)CN(CC(=O)Nc2cc(C(=O)N(C)c3c[nH]c(C(=O)Nc4ccc5cc(S(=O)(=O)O)cc(S(=O)(=O)O)c5c4)c3)n(C)c2)CC(=O)Nc2cc(C(=O)N(C)c3c[nH]c(C(=O)Nc4ccc5cc(S(=O)(=O)O)cc(S(=O)(=O)O)c5c4)c3)n(C)c2)cn1C)c1c[nH]c(C(=O)Nc2ccc3cc(S(=O)(=O)O)cc(S(=O)(=O)O)c3c2)c1. The summed E-state index contributed by atoms with van der Waals surface area (Å²) in [5.74, 6) is -7.00. The van der Waals surface area contributed by atoms with Gasteiger partial charge < -0.3 is 75.3 Å². The number of aryl methyl sites for hydroxylation is 3. The monoisotopic (exact) mass is 1780 g/mol. The van der Waals surface area contributed by atoms with Gasteiger partial charge in [-0.2, -0.15) is 50.5 Å². The van der Waals surface area contributed by atoms with Crippen LogP contribution < -0.4 is 46.6 Å². The highest BCUT2D eigenvalue weighted by Crippen LogP contribution is 2.35. The van der Waals surface area contributed by atoms with Crippen LogP contribution in [0.15, 0.2) is 194 Å². The minimum Gasteiger partial charge on any atom is -0.355 e. The molecule has 0 spiro atoms. The zero-order chi connectivity index (χ0) is 88.4. The van der Waals surface area contributed by atoms with Crippen molar-refractivity contribution in [3.05, 3.63) is 199 Å². The molecule has 121 heavy (non-hydrogen) atoms. The Morgan fingerprint density at radius 1 is 0.322 bits per heavy atom. The molecule has 12 aromatic rings. The number of nitrogens with one attached hydrogen (secondary N) is 9. The number of aromatic amines is 3. The molecule has 6 heterocycles. The number of benzene rings is 6. The van der Waals surface area contributed by atoms with Crippen LogP contribution in [0.25, 0.3) is 32.3 Å². The van der Waals surface area contributed by atoms with Crippen molar-refractivity contribution < 1.29 is 121 Å². The summed E-state index contributed by atoms with van der Waals surface area (Å²) in [6, 6.07) is 23.1. The summed E-state index contributed by atoms with van der Waals surface area (Å²) in [4.78, 5) is 133. The topological polar surface area (TPSA) is 627 Å². The van der Waals surface area contributed by atoms with Crippen LogP contribution in [0.2, 0.25) is 0 Å². The first-order chi connectivity index (χ1) is 56.3. The number of fused-ring (bicyclic) bond motifs is 3. The van der Waals surface area contributed by atoms with E-state index in [9.17, 15) is 121 Å². The van der Waals surface area contributed by atoms with Crippen LogP contribution in [0.1, 0.15) is 62.9 Å². The van der Waals surface area contributed by atoms with Crippen LogP contribution in [-0.4, -0.2) is 205 Å². The minimum absolute atomic E-state index is 0.0265. The van der Waals surface area contributed by atoms with E-state index in [2.05, 4.69) is 46.9 Å². The average molecular weight is 1780 g/mol. The van der Waals surface area contributed by atoms with E-state index in [4.69, 9.17) is 0 Å². The molecule has 0 fully saturated rings. The van der Waals surface area contributed by atoms with Gasteiger partial charge in [0.2, 0.25) is 17.7 Å². The summed E-state index contributed by atoms with van der Waals surface area (Å²) >= 11 is 0. The number of H-pyrrole nitrogens is 3.